The predicted octanol–water partition coefficient (Wildman–Crippen LogP) is 0.380. The standard InChI is InChI=1S/C14H26N4O2.2ClH/c1-11(15)2-5-14(20)18-8-6-17(7-9-18)10-13(19)16-12-3-4-12;;/h11-12H,2-10,15H2,1H3,(H,16,19);2*1H. The van der Waals surface area contributed by atoms with E-state index in [1.54, 1.807) is 0 Å². The van der Waals surface area contributed by atoms with Crippen molar-refractivity contribution in [3.05, 3.63) is 0 Å². The summed E-state index contributed by atoms with van der Waals surface area (Å²) < 4.78 is 0. The van der Waals surface area contributed by atoms with Crippen LogP contribution in [0, 0.1) is 0 Å². The Morgan fingerprint density at radius 1 is 1.18 bits per heavy atom. The molecule has 0 aromatic carbocycles. The van der Waals surface area contributed by atoms with Gasteiger partial charge < -0.3 is 16.0 Å². The van der Waals surface area contributed by atoms with Crippen LogP contribution in [0.15, 0.2) is 0 Å². The molecule has 2 amide bonds. The molecule has 1 saturated carbocycles. The average Bonchev–Trinajstić information content (AvgIpc) is 3.20. The second-order valence-electron chi connectivity index (χ2n) is 6.01. The highest BCUT2D eigenvalue weighted by atomic mass is 35.5. The number of piperazine rings is 1. The highest BCUT2D eigenvalue weighted by Crippen LogP contribution is 2.18. The van der Waals surface area contributed by atoms with Crippen LogP contribution in [0.25, 0.3) is 0 Å². The minimum absolute atomic E-state index is 0. The maximum absolute atomic E-state index is 12.0. The quantitative estimate of drug-likeness (QED) is 0.722. The Hall–Kier alpha value is -0.560. The van der Waals surface area contributed by atoms with Gasteiger partial charge in [0.1, 0.15) is 0 Å². The fourth-order valence-corrected chi connectivity index (χ4v) is 2.37. The third-order valence-electron chi connectivity index (χ3n) is 3.85. The van der Waals surface area contributed by atoms with Gasteiger partial charge in [-0.25, -0.2) is 0 Å². The molecule has 1 aliphatic carbocycles. The Kier molecular flexibility index (Phi) is 10.00. The van der Waals surface area contributed by atoms with Gasteiger partial charge in [0.2, 0.25) is 11.8 Å². The smallest absolute Gasteiger partial charge is 0.234 e. The van der Waals surface area contributed by atoms with Crippen molar-refractivity contribution in [1.82, 2.24) is 15.1 Å². The number of amides is 2. The monoisotopic (exact) mass is 354 g/mol. The van der Waals surface area contributed by atoms with Crippen molar-refractivity contribution in [2.45, 2.75) is 44.7 Å². The van der Waals surface area contributed by atoms with E-state index in [1.807, 2.05) is 11.8 Å². The van der Waals surface area contributed by atoms with Crippen molar-refractivity contribution in [2.75, 3.05) is 32.7 Å². The molecule has 1 heterocycles. The molecule has 2 fully saturated rings. The van der Waals surface area contributed by atoms with Crippen LogP contribution in [0.5, 0.6) is 0 Å². The van der Waals surface area contributed by atoms with Crippen LogP contribution in [-0.2, 0) is 9.59 Å². The molecule has 130 valence electrons. The van der Waals surface area contributed by atoms with E-state index in [2.05, 4.69) is 10.2 Å². The fraction of sp³-hybridized carbons (Fsp3) is 0.857. The number of halogens is 2. The summed E-state index contributed by atoms with van der Waals surface area (Å²) in [4.78, 5) is 27.7. The molecular weight excluding hydrogens is 327 g/mol. The van der Waals surface area contributed by atoms with E-state index in [0.29, 0.717) is 32.1 Å². The minimum Gasteiger partial charge on any atom is -0.352 e. The third-order valence-corrected chi connectivity index (χ3v) is 3.85. The number of nitrogens with one attached hydrogen (secondary N) is 1. The number of hydrogen-bond donors (Lipinski definition) is 2. The van der Waals surface area contributed by atoms with Gasteiger partial charge in [-0.3, -0.25) is 14.5 Å². The highest BCUT2D eigenvalue weighted by molar-refractivity contribution is 5.85. The van der Waals surface area contributed by atoms with Crippen LogP contribution < -0.4 is 11.1 Å². The minimum atomic E-state index is 0. The number of nitrogens with zero attached hydrogens (tertiary/aromatic N) is 2. The summed E-state index contributed by atoms with van der Waals surface area (Å²) in [6.07, 6.45) is 3.50. The lowest BCUT2D eigenvalue weighted by atomic mass is 10.1. The van der Waals surface area contributed by atoms with E-state index in [0.717, 1.165) is 32.4 Å². The number of carbonyl (C=O) groups is 2. The summed E-state index contributed by atoms with van der Waals surface area (Å²) in [5.41, 5.74) is 5.67. The number of rotatable bonds is 6. The molecule has 0 radical (unpaired) electrons. The molecule has 0 spiro atoms. The van der Waals surface area contributed by atoms with Gasteiger partial charge in [-0.15, -0.1) is 24.8 Å². The number of hydrogen-bond acceptors (Lipinski definition) is 4. The summed E-state index contributed by atoms with van der Waals surface area (Å²) in [5, 5.41) is 2.99. The molecule has 2 aliphatic rings. The first-order valence-corrected chi connectivity index (χ1v) is 7.59. The third kappa shape index (κ3) is 7.63. The SMILES string of the molecule is CC(N)CCC(=O)N1CCN(CC(=O)NC2CC2)CC1.Cl.Cl. The van der Waals surface area contributed by atoms with Gasteiger partial charge in [0.15, 0.2) is 0 Å². The first-order valence-electron chi connectivity index (χ1n) is 7.59. The van der Waals surface area contributed by atoms with Crippen LogP contribution in [0.1, 0.15) is 32.6 Å². The van der Waals surface area contributed by atoms with Crippen molar-refractivity contribution in [3.63, 3.8) is 0 Å². The van der Waals surface area contributed by atoms with Crippen LogP contribution in [0.2, 0.25) is 0 Å². The summed E-state index contributed by atoms with van der Waals surface area (Å²) in [5.74, 6) is 0.300. The summed E-state index contributed by atoms with van der Waals surface area (Å²) in [6, 6.07) is 0.495. The van der Waals surface area contributed by atoms with Crippen LogP contribution >= 0.6 is 24.8 Å². The molecule has 2 rings (SSSR count). The number of carbonyl (C=O) groups excluding carboxylic acids is 2. The van der Waals surface area contributed by atoms with Gasteiger partial charge in [0.05, 0.1) is 6.54 Å². The lowest BCUT2D eigenvalue weighted by Crippen LogP contribution is -2.51. The van der Waals surface area contributed by atoms with E-state index in [1.165, 1.54) is 0 Å². The first-order chi connectivity index (χ1) is 9.54. The van der Waals surface area contributed by atoms with E-state index < -0.39 is 0 Å². The summed E-state index contributed by atoms with van der Waals surface area (Å²) >= 11 is 0. The normalized spacial score (nSPS) is 19.6. The topological polar surface area (TPSA) is 78.7 Å². The van der Waals surface area contributed by atoms with Gasteiger partial charge in [0, 0.05) is 44.7 Å². The Bertz CT molecular complexity index is 357. The largest absolute Gasteiger partial charge is 0.352 e. The predicted molar refractivity (Wildman–Crippen MR) is 91.6 cm³/mol. The first kappa shape index (κ1) is 21.4. The zero-order chi connectivity index (χ0) is 14.5. The van der Waals surface area contributed by atoms with E-state index in [4.69, 9.17) is 5.73 Å². The van der Waals surface area contributed by atoms with Gasteiger partial charge in [-0.1, -0.05) is 0 Å². The molecule has 0 bridgehead atoms. The van der Waals surface area contributed by atoms with Crippen molar-refractivity contribution < 1.29 is 9.59 Å². The molecule has 1 unspecified atom stereocenters. The summed E-state index contributed by atoms with van der Waals surface area (Å²) in [7, 11) is 0. The molecule has 1 saturated heterocycles. The number of nitrogens with two attached hydrogens (primary N) is 1. The van der Waals surface area contributed by atoms with Crippen molar-refractivity contribution in [1.29, 1.82) is 0 Å². The van der Waals surface area contributed by atoms with Crippen molar-refractivity contribution >= 4 is 36.6 Å². The van der Waals surface area contributed by atoms with Gasteiger partial charge >= 0.3 is 0 Å². The molecule has 0 aromatic heterocycles. The van der Waals surface area contributed by atoms with E-state index in [9.17, 15) is 9.59 Å². The Balaban J connectivity index is 0.00000220. The Morgan fingerprint density at radius 2 is 1.77 bits per heavy atom. The van der Waals surface area contributed by atoms with Crippen molar-refractivity contribution in [2.24, 2.45) is 5.73 Å². The lowest BCUT2D eigenvalue weighted by molar-refractivity contribution is -0.133. The van der Waals surface area contributed by atoms with Gasteiger partial charge in [0.25, 0.3) is 0 Å². The zero-order valence-electron chi connectivity index (χ0n) is 13.1. The molecule has 8 heteroatoms. The molecular formula is C14H28Cl2N4O2. The molecule has 22 heavy (non-hydrogen) atoms. The molecule has 1 atom stereocenters. The molecule has 0 aromatic rings. The van der Waals surface area contributed by atoms with Crippen LogP contribution in [0.3, 0.4) is 0 Å². The van der Waals surface area contributed by atoms with Crippen LogP contribution in [0.4, 0.5) is 0 Å². The lowest BCUT2D eigenvalue weighted by Gasteiger charge is -2.34. The summed E-state index contributed by atoms with van der Waals surface area (Å²) in [6.45, 7) is 5.37. The molecule has 1 aliphatic heterocycles. The molecule has 3 N–H and O–H groups in total. The Morgan fingerprint density at radius 3 is 2.27 bits per heavy atom. The highest BCUT2D eigenvalue weighted by Gasteiger charge is 2.26. The van der Waals surface area contributed by atoms with Crippen molar-refractivity contribution in [3.8, 4) is 0 Å². The second-order valence-corrected chi connectivity index (χ2v) is 6.01. The fourth-order valence-electron chi connectivity index (χ4n) is 2.37. The molecule has 6 nitrogen and oxygen atoms in total. The zero-order valence-corrected chi connectivity index (χ0v) is 14.8. The van der Waals surface area contributed by atoms with E-state index >= 15 is 0 Å². The van der Waals surface area contributed by atoms with Crippen LogP contribution in [-0.4, -0.2) is 66.4 Å². The maximum atomic E-state index is 12.0. The Labute approximate surface area is 145 Å². The average molecular weight is 355 g/mol. The van der Waals surface area contributed by atoms with E-state index in [-0.39, 0.29) is 42.7 Å². The van der Waals surface area contributed by atoms with Gasteiger partial charge in [-0.2, -0.15) is 0 Å². The second kappa shape index (κ2) is 10.3. The maximum Gasteiger partial charge on any atom is 0.234 e. The van der Waals surface area contributed by atoms with Gasteiger partial charge in [-0.05, 0) is 26.2 Å².